The Morgan fingerprint density at radius 3 is 2.76 bits per heavy atom. The molecule has 2 unspecified atom stereocenters. The SMILES string of the molecule is CNc1nc(NC2CCC(OC)C2)nc(-n2ccnc2)n1. The van der Waals surface area contributed by atoms with Gasteiger partial charge < -0.3 is 15.4 Å². The predicted molar refractivity (Wildman–Crippen MR) is 78.6 cm³/mol. The molecule has 2 heterocycles. The van der Waals surface area contributed by atoms with E-state index in [-0.39, 0.29) is 0 Å². The summed E-state index contributed by atoms with van der Waals surface area (Å²) in [4.78, 5) is 17.1. The highest BCUT2D eigenvalue weighted by atomic mass is 16.5. The molecule has 0 saturated heterocycles. The molecule has 1 aliphatic carbocycles. The molecule has 2 aromatic rings. The molecule has 112 valence electrons. The van der Waals surface area contributed by atoms with Crippen LogP contribution in [0.15, 0.2) is 18.7 Å². The summed E-state index contributed by atoms with van der Waals surface area (Å²) in [7, 11) is 3.54. The Hall–Kier alpha value is -2.22. The van der Waals surface area contributed by atoms with Gasteiger partial charge in [-0.3, -0.25) is 4.57 Å². The minimum Gasteiger partial charge on any atom is -0.381 e. The smallest absolute Gasteiger partial charge is 0.241 e. The normalized spacial score (nSPS) is 21.4. The molecule has 21 heavy (non-hydrogen) atoms. The number of nitrogens with zero attached hydrogens (tertiary/aromatic N) is 5. The Labute approximate surface area is 123 Å². The number of hydrogen-bond donors (Lipinski definition) is 2. The quantitative estimate of drug-likeness (QED) is 0.851. The zero-order valence-electron chi connectivity index (χ0n) is 12.2. The maximum absolute atomic E-state index is 5.39. The summed E-state index contributed by atoms with van der Waals surface area (Å²) in [6.45, 7) is 0. The van der Waals surface area contributed by atoms with Gasteiger partial charge in [0.1, 0.15) is 6.33 Å². The van der Waals surface area contributed by atoms with Crippen LogP contribution in [0, 0.1) is 0 Å². The van der Waals surface area contributed by atoms with Gasteiger partial charge in [0, 0.05) is 32.6 Å². The number of imidazole rings is 1. The van der Waals surface area contributed by atoms with Crippen LogP contribution in [0.2, 0.25) is 0 Å². The second-order valence-electron chi connectivity index (χ2n) is 5.01. The van der Waals surface area contributed by atoms with Crippen LogP contribution in [0.4, 0.5) is 11.9 Å². The standard InChI is InChI=1S/C13H19N7O/c1-14-11-17-12(16-9-3-4-10(7-9)21-2)19-13(18-11)20-6-5-15-8-20/h5-6,8-10H,3-4,7H2,1-2H3,(H2,14,16,17,18,19). The predicted octanol–water partition coefficient (Wildman–Crippen LogP) is 1.08. The van der Waals surface area contributed by atoms with Gasteiger partial charge in [0.25, 0.3) is 0 Å². The van der Waals surface area contributed by atoms with E-state index in [0.29, 0.717) is 30.0 Å². The lowest BCUT2D eigenvalue weighted by Crippen LogP contribution is -2.20. The Morgan fingerprint density at radius 2 is 2.10 bits per heavy atom. The van der Waals surface area contributed by atoms with E-state index < -0.39 is 0 Å². The highest BCUT2D eigenvalue weighted by Gasteiger charge is 2.25. The first kappa shape index (κ1) is 13.7. The zero-order chi connectivity index (χ0) is 14.7. The Kier molecular flexibility index (Phi) is 3.96. The van der Waals surface area contributed by atoms with Crippen molar-refractivity contribution in [2.45, 2.75) is 31.4 Å². The topological polar surface area (TPSA) is 89.8 Å². The summed E-state index contributed by atoms with van der Waals surface area (Å²) < 4.78 is 7.14. The molecule has 0 spiro atoms. The summed E-state index contributed by atoms with van der Waals surface area (Å²) in [5.74, 6) is 1.63. The molecule has 0 aliphatic heterocycles. The van der Waals surface area contributed by atoms with Crippen molar-refractivity contribution in [2.24, 2.45) is 0 Å². The molecule has 8 heteroatoms. The lowest BCUT2D eigenvalue weighted by Gasteiger charge is -2.14. The molecule has 0 radical (unpaired) electrons. The summed E-state index contributed by atoms with van der Waals surface area (Å²) >= 11 is 0. The fourth-order valence-electron chi connectivity index (χ4n) is 2.50. The van der Waals surface area contributed by atoms with E-state index in [4.69, 9.17) is 4.74 Å². The Bertz CT molecular complexity index is 586. The number of anilines is 2. The zero-order valence-corrected chi connectivity index (χ0v) is 12.2. The molecule has 3 rings (SSSR count). The van der Waals surface area contributed by atoms with Crippen molar-refractivity contribution in [3.8, 4) is 5.95 Å². The first-order valence-corrected chi connectivity index (χ1v) is 7.00. The van der Waals surface area contributed by atoms with E-state index in [1.807, 2.05) is 0 Å². The number of hydrogen-bond acceptors (Lipinski definition) is 7. The summed E-state index contributed by atoms with van der Waals surface area (Å²) in [5, 5.41) is 6.32. The van der Waals surface area contributed by atoms with E-state index in [0.717, 1.165) is 19.3 Å². The Balaban J connectivity index is 1.80. The highest BCUT2D eigenvalue weighted by molar-refractivity contribution is 5.38. The third-order valence-corrected chi connectivity index (χ3v) is 3.63. The van der Waals surface area contributed by atoms with Crippen LogP contribution in [0.1, 0.15) is 19.3 Å². The van der Waals surface area contributed by atoms with Crippen LogP contribution >= 0.6 is 0 Å². The van der Waals surface area contributed by atoms with Gasteiger partial charge in [-0.25, -0.2) is 4.98 Å². The second kappa shape index (κ2) is 6.04. The third kappa shape index (κ3) is 3.10. The van der Waals surface area contributed by atoms with Crippen molar-refractivity contribution in [1.82, 2.24) is 24.5 Å². The number of ether oxygens (including phenoxy) is 1. The lowest BCUT2D eigenvalue weighted by atomic mass is 10.2. The number of nitrogens with one attached hydrogen (secondary N) is 2. The van der Waals surface area contributed by atoms with E-state index in [1.54, 1.807) is 37.4 Å². The fourth-order valence-corrected chi connectivity index (χ4v) is 2.50. The number of methoxy groups -OCH3 is 1. The number of aromatic nitrogens is 5. The van der Waals surface area contributed by atoms with Crippen molar-refractivity contribution < 1.29 is 4.74 Å². The average molecular weight is 289 g/mol. The monoisotopic (exact) mass is 289 g/mol. The van der Waals surface area contributed by atoms with Gasteiger partial charge in [-0.15, -0.1) is 0 Å². The average Bonchev–Trinajstić information content (AvgIpc) is 3.18. The molecule has 2 atom stereocenters. The molecule has 0 amide bonds. The van der Waals surface area contributed by atoms with Crippen molar-refractivity contribution >= 4 is 11.9 Å². The van der Waals surface area contributed by atoms with Crippen molar-refractivity contribution in [2.75, 3.05) is 24.8 Å². The van der Waals surface area contributed by atoms with Crippen LogP contribution in [-0.2, 0) is 4.74 Å². The van der Waals surface area contributed by atoms with Crippen molar-refractivity contribution in [3.05, 3.63) is 18.7 Å². The Morgan fingerprint density at radius 1 is 1.24 bits per heavy atom. The van der Waals surface area contributed by atoms with Gasteiger partial charge in [0.05, 0.1) is 6.10 Å². The summed E-state index contributed by atoms with van der Waals surface area (Å²) in [6, 6.07) is 0.331. The van der Waals surface area contributed by atoms with E-state index in [2.05, 4.69) is 30.6 Å². The van der Waals surface area contributed by atoms with Crippen LogP contribution in [0.5, 0.6) is 0 Å². The molecule has 1 saturated carbocycles. The molecule has 2 aromatic heterocycles. The molecule has 0 aromatic carbocycles. The first-order chi connectivity index (χ1) is 10.3. The molecule has 2 N–H and O–H groups in total. The highest BCUT2D eigenvalue weighted by Crippen LogP contribution is 2.24. The molecular formula is C13H19N7O. The van der Waals surface area contributed by atoms with E-state index in [1.165, 1.54) is 0 Å². The van der Waals surface area contributed by atoms with Gasteiger partial charge in [0.15, 0.2) is 0 Å². The van der Waals surface area contributed by atoms with Gasteiger partial charge in [-0.2, -0.15) is 15.0 Å². The molecule has 0 bridgehead atoms. The fraction of sp³-hybridized carbons (Fsp3) is 0.538. The van der Waals surface area contributed by atoms with Gasteiger partial charge in [-0.1, -0.05) is 0 Å². The van der Waals surface area contributed by atoms with Gasteiger partial charge in [0.2, 0.25) is 17.8 Å². The molecule has 1 fully saturated rings. The maximum atomic E-state index is 5.39. The first-order valence-electron chi connectivity index (χ1n) is 7.00. The maximum Gasteiger partial charge on any atom is 0.241 e. The van der Waals surface area contributed by atoms with Gasteiger partial charge in [-0.05, 0) is 19.3 Å². The van der Waals surface area contributed by atoms with Crippen LogP contribution in [0.25, 0.3) is 5.95 Å². The van der Waals surface area contributed by atoms with E-state index >= 15 is 0 Å². The van der Waals surface area contributed by atoms with Crippen LogP contribution < -0.4 is 10.6 Å². The number of rotatable bonds is 5. The summed E-state index contributed by atoms with van der Waals surface area (Å²) in [6.07, 6.45) is 8.56. The van der Waals surface area contributed by atoms with Crippen molar-refractivity contribution in [1.29, 1.82) is 0 Å². The minimum atomic E-state index is 0.321. The van der Waals surface area contributed by atoms with Gasteiger partial charge >= 0.3 is 0 Å². The largest absolute Gasteiger partial charge is 0.381 e. The van der Waals surface area contributed by atoms with Crippen molar-refractivity contribution in [3.63, 3.8) is 0 Å². The molecular weight excluding hydrogens is 270 g/mol. The van der Waals surface area contributed by atoms with E-state index in [9.17, 15) is 0 Å². The second-order valence-corrected chi connectivity index (χ2v) is 5.01. The van der Waals surface area contributed by atoms with Crippen LogP contribution in [0.3, 0.4) is 0 Å². The molecule has 8 nitrogen and oxygen atoms in total. The third-order valence-electron chi connectivity index (χ3n) is 3.63. The lowest BCUT2D eigenvalue weighted by molar-refractivity contribution is 0.108. The molecule has 1 aliphatic rings. The minimum absolute atomic E-state index is 0.321. The van der Waals surface area contributed by atoms with Crippen LogP contribution in [-0.4, -0.2) is 50.8 Å². The summed E-state index contributed by atoms with van der Waals surface area (Å²) in [5.41, 5.74) is 0.